The van der Waals surface area contributed by atoms with Gasteiger partial charge < -0.3 is 4.90 Å². The predicted octanol–water partition coefficient (Wildman–Crippen LogP) is 4.03. The first-order chi connectivity index (χ1) is 12.8. The average molecular weight is 380 g/mol. The summed E-state index contributed by atoms with van der Waals surface area (Å²) in [4.78, 5) is 20.4. The standard InChI is InChI=1S/C19H16N4OS2/c24-19(15-5-6-17-18(11-15)22-26-21-17)23(9-7-16-4-2-10-25-16)13-14-3-1-8-20-12-14/h1-6,8,10-12H,7,9,13H2. The number of rotatable bonds is 6. The Labute approximate surface area is 159 Å². The van der Waals surface area contributed by atoms with Crippen molar-refractivity contribution < 1.29 is 4.79 Å². The third kappa shape index (κ3) is 3.79. The van der Waals surface area contributed by atoms with Gasteiger partial charge in [0.25, 0.3) is 5.91 Å². The predicted molar refractivity (Wildman–Crippen MR) is 104 cm³/mol. The highest BCUT2D eigenvalue weighted by Crippen LogP contribution is 2.17. The van der Waals surface area contributed by atoms with Crippen LogP contribution >= 0.6 is 23.1 Å². The smallest absolute Gasteiger partial charge is 0.254 e. The van der Waals surface area contributed by atoms with Gasteiger partial charge in [-0.25, -0.2) is 0 Å². The van der Waals surface area contributed by atoms with Crippen LogP contribution in [0, 0.1) is 0 Å². The SMILES string of the molecule is O=C(c1ccc2nsnc2c1)N(CCc1cccs1)Cc1cccnc1. The second-order valence-corrected chi connectivity index (χ2v) is 7.45. The van der Waals surface area contributed by atoms with Crippen molar-refractivity contribution in [3.63, 3.8) is 0 Å². The molecule has 130 valence electrons. The Morgan fingerprint density at radius 3 is 2.81 bits per heavy atom. The largest absolute Gasteiger partial charge is 0.334 e. The molecule has 4 aromatic rings. The van der Waals surface area contributed by atoms with Gasteiger partial charge in [-0.15, -0.1) is 11.3 Å². The van der Waals surface area contributed by atoms with Crippen LogP contribution in [0.25, 0.3) is 11.0 Å². The Morgan fingerprint density at radius 2 is 2.00 bits per heavy atom. The summed E-state index contributed by atoms with van der Waals surface area (Å²) >= 11 is 2.88. The molecule has 0 bridgehead atoms. The average Bonchev–Trinajstić information content (AvgIpc) is 3.36. The molecule has 7 heteroatoms. The van der Waals surface area contributed by atoms with E-state index in [9.17, 15) is 4.79 Å². The van der Waals surface area contributed by atoms with Crippen LogP contribution in [-0.4, -0.2) is 31.1 Å². The van der Waals surface area contributed by atoms with Crippen LogP contribution in [0.2, 0.25) is 0 Å². The number of fused-ring (bicyclic) bond motifs is 1. The van der Waals surface area contributed by atoms with Crippen LogP contribution in [0.5, 0.6) is 0 Å². The van der Waals surface area contributed by atoms with E-state index in [1.807, 2.05) is 41.3 Å². The Balaban J connectivity index is 1.58. The number of carbonyl (C=O) groups excluding carboxylic acids is 1. The lowest BCUT2D eigenvalue weighted by Gasteiger charge is -2.22. The molecule has 0 fully saturated rings. The number of nitrogens with zero attached hydrogens (tertiary/aromatic N) is 4. The molecule has 3 aromatic heterocycles. The lowest BCUT2D eigenvalue weighted by molar-refractivity contribution is 0.0745. The van der Waals surface area contributed by atoms with Crippen LogP contribution in [0.3, 0.4) is 0 Å². The molecular weight excluding hydrogens is 364 g/mol. The molecule has 0 saturated carbocycles. The van der Waals surface area contributed by atoms with E-state index in [-0.39, 0.29) is 5.91 Å². The minimum atomic E-state index is 0.000286. The molecule has 26 heavy (non-hydrogen) atoms. The second kappa shape index (κ2) is 7.72. The molecule has 0 atom stereocenters. The molecular formula is C19H16N4OS2. The minimum absolute atomic E-state index is 0.000286. The number of amides is 1. The van der Waals surface area contributed by atoms with Crippen molar-refractivity contribution in [2.45, 2.75) is 13.0 Å². The number of thiophene rings is 1. The molecule has 1 amide bonds. The van der Waals surface area contributed by atoms with Crippen molar-refractivity contribution in [2.75, 3.05) is 6.54 Å². The summed E-state index contributed by atoms with van der Waals surface area (Å²) in [5.74, 6) is 0.000286. The molecule has 0 aliphatic heterocycles. The maximum atomic E-state index is 13.1. The van der Waals surface area contributed by atoms with Gasteiger partial charge in [0.2, 0.25) is 0 Å². The number of aromatic nitrogens is 3. The van der Waals surface area contributed by atoms with Gasteiger partial charge in [-0.05, 0) is 47.7 Å². The molecule has 0 aliphatic carbocycles. The lowest BCUT2D eigenvalue weighted by atomic mass is 10.1. The summed E-state index contributed by atoms with van der Waals surface area (Å²) in [6.45, 7) is 1.19. The van der Waals surface area contributed by atoms with Crippen LogP contribution in [-0.2, 0) is 13.0 Å². The maximum absolute atomic E-state index is 13.1. The van der Waals surface area contributed by atoms with E-state index in [1.165, 1.54) is 4.88 Å². The van der Waals surface area contributed by atoms with E-state index in [2.05, 4.69) is 25.2 Å². The fourth-order valence-electron chi connectivity index (χ4n) is 2.76. The summed E-state index contributed by atoms with van der Waals surface area (Å²) in [6, 6.07) is 13.5. The van der Waals surface area contributed by atoms with Crippen LogP contribution in [0.4, 0.5) is 0 Å². The first-order valence-corrected chi connectivity index (χ1v) is 9.83. The topological polar surface area (TPSA) is 59.0 Å². The van der Waals surface area contributed by atoms with Crippen LogP contribution in [0.1, 0.15) is 20.8 Å². The third-order valence-electron chi connectivity index (χ3n) is 4.09. The molecule has 4 rings (SSSR count). The van der Waals surface area contributed by atoms with Gasteiger partial charge in [-0.1, -0.05) is 12.1 Å². The fraction of sp³-hybridized carbons (Fsp3) is 0.158. The molecule has 0 aliphatic rings. The highest BCUT2D eigenvalue weighted by molar-refractivity contribution is 7.09. The lowest BCUT2D eigenvalue weighted by Crippen LogP contribution is -2.32. The number of benzene rings is 1. The second-order valence-electron chi connectivity index (χ2n) is 5.89. The Bertz CT molecular complexity index is 999. The molecule has 1 aromatic carbocycles. The van der Waals surface area contributed by atoms with E-state index < -0.39 is 0 Å². The summed E-state index contributed by atoms with van der Waals surface area (Å²) in [5, 5.41) is 2.06. The molecule has 5 nitrogen and oxygen atoms in total. The van der Waals surface area contributed by atoms with E-state index in [0.29, 0.717) is 18.7 Å². The van der Waals surface area contributed by atoms with E-state index >= 15 is 0 Å². The first-order valence-electron chi connectivity index (χ1n) is 8.22. The number of pyridine rings is 1. The number of hydrogen-bond acceptors (Lipinski definition) is 6. The number of carbonyl (C=O) groups is 1. The quantitative estimate of drug-likeness (QED) is 0.507. The summed E-state index contributed by atoms with van der Waals surface area (Å²) in [6.07, 6.45) is 4.38. The van der Waals surface area contributed by atoms with Crippen molar-refractivity contribution in [3.05, 3.63) is 76.2 Å². The Morgan fingerprint density at radius 1 is 1.08 bits per heavy atom. The van der Waals surface area contributed by atoms with Gasteiger partial charge in [-0.3, -0.25) is 9.78 Å². The summed E-state index contributed by atoms with van der Waals surface area (Å²) in [7, 11) is 0. The fourth-order valence-corrected chi connectivity index (χ4v) is 3.98. The van der Waals surface area contributed by atoms with Gasteiger partial charge in [0, 0.05) is 35.9 Å². The zero-order valence-electron chi connectivity index (χ0n) is 13.9. The minimum Gasteiger partial charge on any atom is -0.334 e. The zero-order chi connectivity index (χ0) is 17.8. The highest BCUT2D eigenvalue weighted by atomic mass is 32.1. The normalized spacial score (nSPS) is 10.9. The summed E-state index contributed by atoms with van der Waals surface area (Å²) in [5.41, 5.74) is 3.24. The van der Waals surface area contributed by atoms with E-state index in [0.717, 1.165) is 34.7 Å². The molecule has 0 unspecified atom stereocenters. The van der Waals surface area contributed by atoms with Crippen molar-refractivity contribution in [2.24, 2.45) is 0 Å². The summed E-state index contributed by atoms with van der Waals surface area (Å²) < 4.78 is 8.44. The van der Waals surface area contributed by atoms with Gasteiger partial charge >= 0.3 is 0 Å². The van der Waals surface area contributed by atoms with Crippen LogP contribution in [0.15, 0.2) is 60.2 Å². The highest BCUT2D eigenvalue weighted by Gasteiger charge is 2.17. The maximum Gasteiger partial charge on any atom is 0.254 e. The molecule has 0 radical (unpaired) electrons. The molecule has 0 saturated heterocycles. The van der Waals surface area contributed by atoms with Crippen LogP contribution < -0.4 is 0 Å². The Kier molecular flexibility index (Phi) is 4.99. The van der Waals surface area contributed by atoms with E-state index in [1.54, 1.807) is 23.7 Å². The van der Waals surface area contributed by atoms with E-state index in [4.69, 9.17) is 0 Å². The number of hydrogen-bond donors (Lipinski definition) is 0. The third-order valence-corrected chi connectivity index (χ3v) is 5.59. The first kappa shape index (κ1) is 16.8. The molecule has 0 spiro atoms. The molecule has 0 N–H and O–H groups in total. The van der Waals surface area contributed by atoms with Gasteiger partial charge in [0.15, 0.2) is 0 Å². The Hall–Kier alpha value is -2.64. The van der Waals surface area contributed by atoms with Crippen molar-refractivity contribution in [3.8, 4) is 0 Å². The molecule has 3 heterocycles. The van der Waals surface area contributed by atoms with Gasteiger partial charge in [0.1, 0.15) is 11.0 Å². The monoisotopic (exact) mass is 380 g/mol. The van der Waals surface area contributed by atoms with Gasteiger partial charge in [0.05, 0.1) is 11.7 Å². The zero-order valence-corrected chi connectivity index (χ0v) is 15.5. The van der Waals surface area contributed by atoms with Gasteiger partial charge in [-0.2, -0.15) is 8.75 Å². The van der Waals surface area contributed by atoms with Crippen molar-refractivity contribution >= 4 is 40.0 Å². The van der Waals surface area contributed by atoms with Crippen molar-refractivity contribution in [1.82, 2.24) is 18.6 Å². The van der Waals surface area contributed by atoms with Crippen molar-refractivity contribution in [1.29, 1.82) is 0 Å².